The Morgan fingerprint density at radius 2 is 1.90 bits per heavy atom. The summed E-state index contributed by atoms with van der Waals surface area (Å²) in [6.45, 7) is 3.52. The fourth-order valence-electron chi connectivity index (χ4n) is 4.41. The molecular formula is C23H38IN5O. The number of amides is 1. The first-order chi connectivity index (χ1) is 14.2. The minimum absolute atomic E-state index is 0. The van der Waals surface area contributed by atoms with E-state index in [9.17, 15) is 4.79 Å². The van der Waals surface area contributed by atoms with Crippen molar-refractivity contribution in [2.75, 3.05) is 45.2 Å². The number of anilines is 1. The summed E-state index contributed by atoms with van der Waals surface area (Å²) in [5.41, 5.74) is 1.24. The molecule has 1 saturated carbocycles. The number of aliphatic imine (C=N–C) groups is 1. The summed E-state index contributed by atoms with van der Waals surface area (Å²) in [5.74, 6) is 1.48. The zero-order chi connectivity index (χ0) is 20.5. The van der Waals surface area contributed by atoms with Gasteiger partial charge in [-0.2, -0.15) is 0 Å². The fourth-order valence-corrected chi connectivity index (χ4v) is 4.41. The van der Waals surface area contributed by atoms with Gasteiger partial charge in [0, 0.05) is 57.9 Å². The predicted molar refractivity (Wildman–Crippen MR) is 136 cm³/mol. The maximum atomic E-state index is 12.7. The molecule has 0 spiro atoms. The molecule has 1 saturated heterocycles. The third-order valence-corrected chi connectivity index (χ3v) is 6.18. The van der Waals surface area contributed by atoms with Crippen LogP contribution in [0.1, 0.15) is 44.9 Å². The van der Waals surface area contributed by atoms with Crippen LogP contribution in [0.5, 0.6) is 0 Å². The van der Waals surface area contributed by atoms with E-state index in [0.717, 1.165) is 57.8 Å². The van der Waals surface area contributed by atoms with Crippen LogP contribution in [0.3, 0.4) is 0 Å². The van der Waals surface area contributed by atoms with E-state index in [0.29, 0.717) is 11.9 Å². The SMILES string of the molecule is CN=C(NCCCN(C)c1ccccc1)NC1CCN(C(=O)C2CCCCC2)C1.I. The van der Waals surface area contributed by atoms with E-state index in [2.05, 4.69) is 56.7 Å². The van der Waals surface area contributed by atoms with E-state index < -0.39 is 0 Å². The van der Waals surface area contributed by atoms with E-state index in [1.165, 1.54) is 24.9 Å². The van der Waals surface area contributed by atoms with E-state index >= 15 is 0 Å². The molecule has 1 unspecified atom stereocenters. The summed E-state index contributed by atoms with van der Waals surface area (Å²) in [4.78, 5) is 21.4. The van der Waals surface area contributed by atoms with Crippen molar-refractivity contribution in [3.63, 3.8) is 0 Å². The van der Waals surface area contributed by atoms with Crippen molar-refractivity contribution < 1.29 is 4.79 Å². The van der Waals surface area contributed by atoms with Crippen molar-refractivity contribution in [2.24, 2.45) is 10.9 Å². The molecule has 7 heteroatoms. The maximum Gasteiger partial charge on any atom is 0.225 e. The quantitative estimate of drug-likeness (QED) is 0.247. The highest BCUT2D eigenvalue weighted by Crippen LogP contribution is 2.26. The topological polar surface area (TPSA) is 60.0 Å². The molecule has 1 aliphatic carbocycles. The largest absolute Gasteiger partial charge is 0.375 e. The molecule has 1 atom stereocenters. The number of halogens is 1. The number of carbonyl (C=O) groups is 1. The van der Waals surface area contributed by atoms with Gasteiger partial charge in [-0.25, -0.2) is 0 Å². The normalized spacial score (nSPS) is 19.9. The lowest BCUT2D eigenvalue weighted by Gasteiger charge is -2.26. The Labute approximate surface area is 198 Å². The van der Waals surface area contributed by atoms with Gasteiger partial charge in [-0.15, -0.1) is 24.0 Å². The molecule has 6 nitrogen and oxygen atoms in total. The summed E-state index contributed by atoms with van der Waals surface area (Å²) >= 11 is 0. The minimum Gasteiger partial charge on any atom is -0.375 e. The van der Waals surface area contributed by atoms with Gasteiger partial charge >= 0.3 is 0 Å². The average molecular weight is 527 g/mol. The van der Waals surface area contributed by atoms with Crippen molar-refractivity contribution in [1.29, 1.82) is 0 Å². The number of para-hydroxylation sites is 1. The molecule has 168 valence electrons. The van der Waals surface area contributed by atoms with Gasteiger partial charge in [0.15, 0.2) is 5.96 Å². The molecular weight excluding hydrogens is 489 g/mol. The third-order valence-electron chi connectivity index (χ3n) is 6.18. The smallest absolute Gasteiger partial charge is 0.225 e. The van der Waals surface area contributed by atoms with Gasteiger partial charge in [-0.1, -0.05) is 37.5 Å². The van der Waals surface area contributed by atoms with Crippen LogP contribution in [0.4, 0.5) is 5.69 Å². The van der Waals surface area contributed by atoms with Crippen LogP contribution in [0, 0.1) is 5.92 Å². The minimum atomic E-state index is 0. The lowest BCUT2D eigenvalue weighted by atomic mass is 9.88. The average Bonchev–Trinajstić information content (AvgIpc) is 3.24. The number of likely N-dealkylation sites (tertiary alicyclic amines) is 1. The molecule has 2 N–H and O–H groups in total. The van der Waals surface area contributed by atoms with Crippen LogP contribution in [-0.2, 0) is 4.79 Å². The molecule has 1 aromatic rings. The second-order valence-electron chi connectivity index (χ2n) is 8.36. The lowest BCUT2D eigenvalue weighted by Crippen LogP contribution is -2.46. The summed E-state index contributed by atoms with van der Waals surface area (Å²) in [7, 11) is 3.93. The standard InChI is InChI=1S/C23H37N5O.HI/c1-24-23(25-15-9-16-27(2)21-12-7-4-8-13-21)26-20-14-17-28(18-20)22(29)19-10-5-3-6-11-19;/h4,7-8,12-13,19-20H,3,5-6,9-11,14-18H2,1-2H3,(H2,24,25,26);1H. The first-order valence-electron chi connectivity index (χ1n) is 11.2. The van der Waals surface area contributed by atoms with Gasteiger partial charge < -0.3 is 20.4 Å². The maximum absolute atomic E-state index is 12.7. The number of nitrogens with one attached hydrogen (secondary N) is 2. The van der Waals surface area contributed by atoms with Crippen molar-refractivity contribution >= 4 is 41.5 Å². The second-order valence-corrected chi connectivity index (χ2v) is 8.36. The fraction of sp³-hybridized carbons (Fsp3) is 0.652. The molecule has 0 aromatic heterocycles. The number of benzene rings is 1. The van der Waals surface area contributed by atoms with E-state index in [-0.39, 0.29) is 29.9 Å². The molecule has 1 aromatic carbocycles. The number of carbonyl (C=O) groups excluding carboxylic acids is 1. The monoisotopic (exact) mass is 527 g/mol. The summed E-state index contributed by atoms with van der Waals surface area (Å²) in [6.07, 6.45) is 7.89. The van der Waals surface area contributed by atoms with E-state index in [1.54, 1.807) is 0 Å². The molecule has 0 radical (unpaired) electrons. The number of rotatable bonds is 7. The molecule has 1 aliphatic heterocycles. The van der Waals surface area contributed by atoms with E-state index in [4.69, 9.17) is 0 Å². The molecule has 0 bridgehead atoms. The summed E-state index contributed by atoms with van der Waals surface area (Å²) in [5, 5.41) is 6.92. The van der Waals surface area contributed by atoms with Gasteiger partial charge in [0.25, 0.3) is 0 Å². The van der Waals surface area contributed by atoms with Gasteiger partial charge in [-0.3, -0.25) is 9.79 Å². The number of hydrogen-bond donors (Lipinski definition) is 2. The highest BCUT2D eigenvalue weighted by molar-refractivity contribution is 14.0. The molecule has 1 heterocycles. The molecule has 3 rings (SSSR count). The van der Waals surface area contributed by atoms with Crippen LogP contribution >= 0.6 is 24.0 Å². The van der Waals surface area contributed by atoms with E-state index in [1.807, 2.05) is 13.1 Å². The second kappa shape index (κ2) is 13.0. The van der Waals surface area contributed by atoms with Crippen molar-refractivity contribution in [1.82, 2.24) is 15.5 Å². The molecule has 1 amide bonds. The van der Waals surface area contributed by atoms with Crippen LogP contribution in [0.15, 0.2) is 35.3 Å². The molecule has 2 fully saturated rings. The first-order valence-corrected chi connectivity index (χ1v) is 11.2. The zero-order valence-corrected chi connectivity index (χ0v) is 20.8. The Hall–Kier alpha value is -1.51. The Balaban J connectivity index is 0.00000320. The Kier molecular flexibility index (Phi) is 10.7. The van der Waals surface area contributed by atoms with Crippen molar-refractivity contribution in [3.8, 4) is 0 Å². The number of hydrogen-bond acceptors (Lipinski definition) is 3. The van der Waals surface area contributed by atoms with Crippen molar-refractivity contribution in [3.05, 3.63) is 30.3 Å². The van der Waals surface area contributed by atoms with Crippen LogP contribution in [0.25, 0.3) is 0 Å². The highest BCUT2D eigenvalue weighted by Gasteiger charge is 2.31. The van der Waals surface area contributed by atoms with Crippen LogP contribution < -0.4 is 15.5 Å². The molecule has 30 heavy (non-hydrogen) atoms. The lowest BCUT2D eigenvalue weighted by molar-refractivity contribution is -0.135. The van der Waals surface area contributed by atoms with Gasteiger partial charge in [0.1, 0.15) is 0 Å². The Bertz CT molecular complexity index is 663. The van der Waals surface area contributed by atoms with Crippen LogP contribution in [0.2, 0.25) is 0 Å². The molecule has 2 aliphatic rings. The summed E-state index contributed by atoms with van der Waals surface area (Å²) < 4.78 is 0. The highest BCUT2D eigenvalue weighted by atomic mass is 127. The first kappa shape index (κ1) is 24.8. The number of nitrogens with zero attached hydrogens (tertiary/aromatic N) is 3. The van der Waals surface area contributed by atoms with Crippen LogP contribution in [-0.4, -0.2) is 63.1 Å². The van der Waals surface area contributed by atoms with Gasteiger partial charge in [0.05, 0.1) is 0 Å². The van der Waals surface area contributed by atoms with Crippen molar-refractivity contribution in [2.45, 2.75) is 51.0 Å². The zero-order valence-electron chi connectivity index (χ0n) is 18.5. The predicted octanol–water partition coefficient (Wildman–Crippen LogP) is 3.48. The summed E-state index contributed by atoms with van der Waals surface area (Å²) in [6, 6.07) is 10.7. The van der Waals surface area contributed by atoms with Gasteiger partial charge in [0.2, 0.25) is 5.91 Å². The Morgan fingerprint density at radius 1 is 1.17 bits per heavy atom. The number of guanidine groups is 1. The third kappa shape index (κ3) is 7.32. The van der Waals surface area contributed by atoms with Gasteiger partial charge in [-0.05, 0) is 37.8 Å². The Morgan fingerprint density at radius 3 is 2.60 bits per heavy atom.